The number of benzene rings is 1. The molecule has 1 aromatic carbocycles. The number of ketones is 1. The monoisotopic (exact) mass is 464 g/mol. The molecule has 2 unspecified atom stereocenters. The van der Waals surface area contributed by atoms with Crippen molar-refractivity contribution in [3.8, 4) is 0 Å². The average Bonchev–Trinajstić information content (AvgIpc) is 2.71. The average molecular weight is 465 g/mol. The molecular formula is C25H40N2O6. The molecular weight excluding hydrogens is 424 g/mol. The summed E-state index contributed by atoms with van der Waals surface area (Å²) in [6.07, 6.45) is -1.68. The molecule has 0 aromatic heterocycles. The van der Waals surface area contributed by atoms with E-state index in [-0.39, 0.29) is 12.2 Å². The van der Waals surface area contributed by atoms with Gasteiger partial charge in [-0.05, 0) is 61.2 Å². The third-order valence-electron chi connectivity index (χ3n) is 5.34. The van der Waals surface area contributed by atoms with Crippen LogP contribution >= 0.6 is 0 Å². The zero-order valence-electron chi connectivity index (χ0n) is 21.2. The Morgan fingerprint density at radius 1 is 1.06 bits per heavy atom. The van der Waals surface area contributed by atoms with Gasteiger partial charge in [0.15, 0.2) is 5.78 Å². The lowest BCUT2D eigenvalue weighted by atomic mass is 9.88. The number of rotatable bonds is 12. The van der Waals surface area contributed by atoms with E-state index in [9.17, 15) is 19.5 Å². The maximum absolute atomic E-state index is 13.3. The van der Waals surface area contributed by atoms with Crippen LogP contribution in [0.5, 0.6) is 0 Å². The minimum atomic E-state index is -1.94. The first kappa shape index (κ1) is 28.7. The SMILES string of the molecule is CN[C@@H](C)C(=O)CC(CC(C)O)(OC(=O)[C@H](C)N(C)Cc1ccccc1)C(=O)OC(C)(C)C. The minimum absolute atomic E-state index is 0.259. The molecule has 2 N–H and O–H groups in total. The van der Waals surface area contributed by atoms with Crippen LogP contribution in [0.3, 0.4) is 0 Å². The molecule has 8 heteroatoms. The molecule has 33 heavy (non-hydrogen) atoms. The second-order valence-corrected chi connectivity index (χ2v) is 9.70. The first-order valence-corrected chi connectivity index (χ1v) is 11.3. The number of carbonyl (C=O) groups excluding carboxylic acids is 3. The van der Waals surface area contributed by atoms with E-state index >= 15 is 0 Å². The van der Waals surface area contributed by atoms with Gasteiger partial charge in [-0.25, -0.2) is 4.79 Å². The number of aliphatic hydroxyl groups is 1. The maximum Gasteiger partial charge on any atom is 0.351 e. The summed E-state index contributed by atoms with van der Waals surface area (Å²) in [4.78, 5) is 41.1. The molecule has 0 radical (unpaired) electrons. The van der Waals surface area contributed by atoms with Crippen molar-refractivity contribution < 1.29 is 29.0 Å². The Balaban J connectivity index is 3.24. The maximum atomic E-state index is 13.3. The molecule has 0 aliphatic heterocycles. The molecule has 0 bridgehead atoms. The van der Waals surface area contributed by atoms with Gasteiger partial charge in [0.1, 0.15) is 11.6 Å². The molecule has 0 saturated heterocycles. The highest BCUT2D eigenvalue weighted by Gasteiger charge is 2.49. The number of esters is 2. The summed E-state index contributed by atoms with van der Waals surface area (Å²) in [7, 11) is 3.40. The minimum Gasteiger partial charge on any atom is -0.457 e. The molecule has 0 saturated carbocycles. The summed E-state index contributed by atoms with van der Waals surface area (Å²) in [6, 6.07) is 8.36. The molecule has 0 aliphatic rings. The second kappa shape index (κ2) is 12.3. The number of ether oxygens (including phenoxy) is 2. The van der Waals surface area contributed by atoms with Crippen LogP contribution in [0.2, 0.25) is 0 Å². The first-order chi connectivity index (χ1) is 15.2. The summed E-state index contributed by atoms with van der Waals surface area (Å²) >= 11 is 0. The Bertz CT molecular complexity index is 790. The van der Waals surface area contributed by atoms with Gasteiger partial charge in [0.2, 0.25) is 5.60 Å². The zero-order chi connectivity index (χ0) is 25.4. The lowest BCUT2D eigenvalue weighted by Gasteiger charge is -2.36. The van der Waals surface area contributed by atoms with E-state index in [1.54, 1.807) is 53.6 Å². The van der Waals surface area contributed by atoms with Gasteiger partial charge in [0.05, 0.1) is 18.6 Å². The molecule has 0 spiro atoms. The standard InChI is InChI=1S/C25H40N2O6/c1-17(28)14-25(15-21(29)18(2)26-7,23(31)33-24(4,5)6)32-22(30)19(3)27(8)16-20-12-10-9-11-13-20/h9-13,17-19,26,28H,14-16H2,1-8H3/t17?,18-,19-,25?/m0/s1. The predicted octanol–water partition coefficient (Wildman–Crippen LogP) is 2.47. The highest BCUT2D eigenvalue weighted by Crippen LogP contribution is 2.29. The summed E-state index contributed by atoms with van der Waals surface area (Å²) in [6.45, 7) is 10.4. The van der Waals surface area contributed by atoms with Gasteiger partial charge >= 0.3 is 11.9 Å². The number of aliphatic hydroxyl groups excluding tert-OH is 1. The molecule has 1 aromatic rings. The fraction of sp³-hybridized carbons (Fsp3) is 0.640. The third kappa shape index (κ3) is 9.23. The Morgan fingerprint density at radius 2 is 1.64 bits per heavy atom. The molecule has 0 fully saturated rings. The van der Waals surface area contributed by atoms with Crippen molar-refractivity contribution >= 4 is 17.7 Å². The topological polar surface area (TPSA) is 105 Å². The summed E-state index contributed by atoms with van der Waals surface area (Å²) < 4.78 is 11.3. The van der Waals surface area contributed by atoms with Crippen LogP contribution in [0.4, 0.5) is 0 Å². The Kier molecular flexibility index (Phi) is 10.7. The number of hydrogen-bond donors (Lipinski definition) is 2. The van der Waals surface area contributed by atoms with E-state index in [0.29, 0.717) is 6.54 Å². The van der Waals surface area contributed by atoms with Crippen LogP contribution in [0.25, 0.3) is 0 Å². The molecule has 4 atom stereocenters. The normalized spacial score (nSPS) is 16.4. The van der Waals surface area contributed by atoms with Gasteiger partial charge in [0, 0.05) is 13.0 Å². The third-order valence-corrected chi connectivity index (χ3v) is 5.34. The molecule has 0 amide bonds. The number of nitrogens with zero attached hydrogens (tertiary/aromatic N) is 1. The van der Waals surface area contributed by atoms with E-state index in [1.165, 1.54) is 6.92 Å². The van der Waals surface area contributed by atoms with Crippen molar-refractivity contribution in [2.24, 2.45) is 0 Å². The number of likely N-dealkylation sites (N-methyl/N-ethyl adjacent to an activating group) is 2. The van der Waals surface area contributed by atoms with Gasteiger partial charge in [-0.2, -0.15) is 0 Å². The highest BCUT2D eigenvalue weighted by atomic mass is 16.6. The quantitative estimate of drug-likeness (QED) is 0.455. The number of carbonyl (C=O) groups is 3. The van der Waals surface area contributed by atoms with Crippen LogP contribution in [0.15, 0.2) is 30.3 Å². The van der Waals surface area contributed by atoms with Gasteiger partial charge in [-0.1, -0.05) is 30.3 Å². The van der Waals surface area contributed by atoms with Crippen molar-refractivity contribution in [2.75, 3.05) is 14.1 Å². The second-order valence-electron chi connectivity index (χ2n) is 9.70. The smallest absolute Gasteiger partial charge is 0.351 e. The molecule has 8 nitrogen and oxygen atoms in total. The van der Waals surface area contributed by atoms with Gasteiger partial charge in [-0.15, -0.1) is 0 Å². The van der Waals surface area contributed by atoms with Crippen molar-refractivity contribution in [3.05, 3.63) is 35.9 Å². The fourth-order valence-corrected chi connectivity index (χ4v) is 3.26. The Labute approximate surface area is 197 Å². The van der Waals surface area contributed by atoms with Crippen molar-refractivity contribution in [2.45, 2.75) is 90.3 Å². The van der Waals surface area contributed by atoms with E-state index in [2.05, 4.69) is 5.32 Å². The van der Waals surface area contributed by atoms with Crippen molar-refractivity contribution in [1.29, 1.82) is 0 Å². The number of Topliss-reactive ketones (excluding diaryl/α,β-unsaturated/α-hetero) is 1. The van der Waals surface area contributed by atoms with Gasteiger partial charge in [0.25, 0.3) is 0 Å². The van der Waals surface area contributed by atoms with E-state index < -0.39 is 47.7 Å². The first-order valence-electron chi connectivity index (χ1n) is 11.3. The zero-order valence-corrected chi connectivity index (χ0v) is 21.2. The summed E-state index contributed by atoms with van der Waals surface area (Å²) in [5.41, 5.74) is -1.80. The van der Waals surface area contributed by atoms with Crippen LogP contribution in [0.1, 0.15) is 59.9 Å². The van der Waals surface area contributed by atoms with E-state index in [0.717, 1.165) is 5.56 Å². The van der Waals surface area contributed by atoms with Crippen LogP contribution < -0.4 is 5.32 Å². The van der Waals surface area contributed by atoms with Crippen LogP contribution in [-0.4, -0.2) is 71.2 Å². The lowest BCUT2D eigenvalue weighted by Crippen LogP contribution is -2.54. The summed E-state index contributed by atoms with van der Waals surface area (Å²) in [5.74, 6) is -1.86. The Hall–Kier alpha value is -2.29. The molecule has 1 rings (SSSR count). The van der Waals surface area contributed by atoms with Crippen LogP contribution in [0, 0.1) is 0 Å². The largest absolute Gasteiger partial charge is 0.457 e. The van der Waals surface area contributed by atoms with Crippen molar-refractivity contribution in [1.82, 2.24) is 10.2 Å². The molecule has 0 aliphatic carbocycles. The summed E-state index contributed by atoms with van der Waals surface area (Å²) in [5, 5.41) is 13.0. The predicted molar refractivity (Wildman–Crippen MR) is 126 cm³/mol. The lowest BCUT2D eigenvalue weighted by molar-refractivity contribution is -0.198. The number of hydrogen-bond acceptors (Lipinski definition) is 8. The Morgan fingerprint density at radius 3 is 2.12 bits per heavy atom. The van der Waals surface area contributed by atoms with Crippen molar-refractivity contribution in [3.63, 3.8) is 0 Å². The molecule has 186 valence electrons. The van der Waals surface area contributed by atoms with E-state index in [4.69, 9.17) is 9.47 Å². The van der Waals surface area contributed by atoms with Gasteiger partial charge in [-0.3, -0.25) is 14.5 Å². The van der Waals surface area contributed by atoms with Gasteiger partial charge < -0.3 is 19.9 Å². The fourth-order valence-electron chi connectivity index (χ4n) is 3.26. The molecule has 0 heterocycles. The van der Waals surface area contributed by atoms with Crippen LogP contribution in [-0.2, 0) is 30.4 Å². The number of nitrogens with one attached hydrogen (secondary N) is 1. The highest BCUT2D eigenvalue weighted by molar-refractivity contribution is 5.93. The van der Waals surface area contributed by atoms with E-state index in [1.807, 2.05) is 30.3 Å².